The van der Waals surface area contributed by atoms with Crippen molar-refractivity contribution in [3.8, 4) is 5.75 Å². The summed E-state index contributed by atoms with van der Waals surface area (Å²) in [6.45, 7) is 0.664. The monoisotopic (exact) mass is 300 g/mol. The average molecular weight is 300 g/mol. The molecular weight excluding hydrogens is 280 g/mol. The maximum absolute atomic E-state index is 12.2. The molecule has 0 unspecified atom stereocenters. The number of hydroxylamine groups is 2. The van der Waals surface area contributed by atoms with E-state index in [1.54, 1.807) is 55.7 Å². The van der Waals surface area contributed by atoms with Crippen molar-refractivity contribution >= 4 is 11.6 Å². The first-order valence-electron chi connectivity index (χ1n) is 6.92. The maximum Gasteiger partial charge on any atom is 0.255 e. The zero-order valence-corrected chi connectivity index (χ0v) is 13.0. The van der Waals surface area contributed by atoms with Gasteiger partial charge in [-0.1, -0.05) is 12.1 Å². The number of ether oxygens (including phenoxy) is 1. The molecule has 0 saturated carbocycles. The highest BCUT2D eigenvalue weighted by molar-refractivity contribution is 6.04. The molecule has 0 atom stereocenters. The fraction of sp³-hybridized carbons (Fsp3) is 0.235. The molecule has 0 aliphatic heterocycles. The Balaban J connectivity index is 1.99. The minimum atomic E-state index is -0.142. The Morgan fingerprint density at radius 2 is 1.68 bits per heavy atom. The lowest BCUT2D eigenvalue weighted by atomic mass is 10.1. The lowest BCUT2D eigenvalue weighted by Gasteiger charge is -2.13. The predicted octanol–water partition coefficient (Wildman–Crippen LogP) is 2.94. The van der Waals surface area contributed by atoms with E-state index in [9.17, 15) is 4.79 Å². The fourth-order valence-electron chi connectivity index (χ4n) is 1.96. The van der Waals surface area contributed by atoms with E-state index in [4.69, 9.17) is 9.57 Å². The molecule has 0 aromatic heterocycles. The molecule has 0 aliphatic rings. The molecule has 0 saturated heterocycles. The average Bonchev–Trinajstić information content (AvgIpc) is 2.56. The molecule has 2 aromatic carbocycles. The number of nitrogens with zero attached hydrogens (tertiary/aromatic N) is 1. The van der Waals surface area contributed by atoms with Crippen LogP contribution in [0.25, 0.3) is 0 Å². The van der Waals surface area contributed by atoms with E-state index in [1.165, 1.54) is 0 Å². The molecule has 0 aliphatic carbocycles. The lowest BCUT2D eigenvalue weighted by molar-refractivity contribution is -0.116. The molecule has 2 rings (SSSR count). The van der Waals surface area contributed by atoms with E-state index < -0.39 is 0 Å². The number of amides is 1. The molecule has 2 aromatic rings. The Bertz CT molecular complexity index is 609. The van der Waals surface area contributed by atoms with Crippen LogP contribution in [0.1, 0.15) is 15.9 Å². The minimum Gasteiger partial charge on any atom is -0.497 e. The number of anilines is 1. The van der Waals surface area contributed by atoms with Crippen LogP contribution in [-0.2, 0) is 11.4 Å². The van der Waals surface area contributed by atoms with E-state index in [0.29, 0.717) is 12.1 Å². The molecule has 116 valence electrons. The summed E-state index contributed by atoms with van der Waals surface area (Å²) >= 11 is 0. The van der Waals surface area contributed by atoms with Crippen LogP contribution in [0.15, 0.2) is 48.5 Å². The van der Waals surface area contributed by atoms with E-state index >= 15 is 0 Å². The molecule has 0 bridgehead atoms. The van der Waals surface area contributed by atoms with Crippen LogP contribution in [0.3, 0.4) is 0 Å². The van der Waals surface area contributed by atoms with Crippen molar-refractivity contribution in [2.75, 3.05) is 26.6 Å². The predicted molar refractivity (Wildman–Crippen MR) is 85.9 cm³/mol. The zero-order valence-electron chi connectivity index (χ0n) is 13.0. The van der Waals surface area contributed by atoms with E-state index in [2.05, 4.69) is 5.32 Å². The van der Waals surface area contributed by atoms with Gasteiger partial charge in [0.05, 0.1) is 14.2 Å². The number of methoxy groups -OCH3 is 1. The van der Waals surface area contributed by atoms with Crippen LogP contribution in [0.4, 0.5) is 5.69 Å². The second-order valence-electron chi connectivity index (χ2n) is 4.85. The summed E-state index contributed by atoms with van der Waals surface area (Å²) < 4.78 is 5.09. The summed E-state index contributed by atoms with van der Waals surface area (Å²) in [4.78, 5) is 17.3. The first-order chi connectivity index (χ1) is 10.6. The van der Waals surface area contributed by atoms with Gasteiger partial charge in [0.15, 0.2) is 0 Å². The van der Waals surface area contributed by atoms with Crippen LogP contribution in [0.2, 0.25) is 0 Å². The summed E-state index contributed by atoms with van der Waals surface area (Å²) in [7, 11) is 5.08. The summed E-state index contributed by atoms with van der Waals surface area (Å²) in [6, 6.07) is 14.7. The third-order valence-electron chi connectivity index (χ3n) is 3.28. The van der Waals surface area contributed by atoms with Gasteiger partial charge >= 0.3 is 0 Å². The minimum absolute atomic E-state index is 0.142. The van der Waals surface area contributed by atoms with Crippen LogP contribution < -0.4 is 10.1 Å². The van der Waals surface area contributed by atoms with Crippen LogP contribution in [0.5, 0.6) is 5.75 Å². The molecule has 22 heavy (non-hydrogen) atoms. The second kappa shape index (κ2) is 7.59. The number of hydrogen-bond acceptors (Lipinski definition) is 4. The molecule has 0 fully saturated rings. The Morgan fingerprint density at radius 1 is 1.05 bits per heavy atom. The van der Waals surface area contributed by atoms with Crippen molar-refractivity contribution in [2.45, 2.75) is 6.54 Å². The fourth-order valence-corrected chi connectivity index (χ4v) is 1.96. The van der Waals surface area contributed by atoms with Gasteiger partial charge in [0.25, 0.3) is 5.91 Å². The summed E-state index contributed by atoms with van der Waals surface area (Å²) in [5.41, 5.74) is 2.42. The number of carbonyl (C=O) groups is 1. The first kappa shape index (κ1) is 16.0. The summed E-state index contributed by atoms with van der Waals surface area (Å²) in [5.74, 6) is 0.612. The standard InChI is InChI=1S/C17H20N2O3/c1-19(22-3)12-13-4-6-14(7-5-13)17(20)18-15-8-10-16(21-2)11-9-15/h4-11H,12H2,1-3H3,(H,18,20). The normalized spacial score (nSPS) is 10.5. The van der Waals surface area contributed by atoms with E-state index in [-0.39, 0.29) is 5.91 Å². The van der Waals surface area contributed by atoms with Gasteiger partial charge in [-0.2, -0.15) is 5.06 Å². The number of rotatable bonds is 6. The van der Waals surface area contributed by atoms with Crippen LogP contribution >= 0.6 is 0 Å². The summed E-state index contributed by atoms with van der Waals surface area (Å²) in [6.07, 6.45) is 0. The second-order valence-corrected chi connectivity index (χ2v) is 4.85. The lowest BCUT2D eigenvalue weighted by Crippen LogP contribution is -2.16. The first-order valence-corrected chi connectivity index (χ1v) is 6.92. The maximum atomic E-state index is 12.2. The number of benzene rings is 2. The van der Waals surface area contributed by atoms with Gasteiger partial charge in [0.2, 0.25) is 0 Å². The molecule has 5 nitrogen and oxygen atoms in total. The van der Waals surface area contributed by atoms with Crippen molar-refractivity contribution in [3.05, 3.63) is 59.7 Å². The van der Waals surface area contributed by atoms with Gasteiger partial charge < -0.3 is 14.9 Å². The molecule has 0 spiro atoms. The van der Waals surface area contributed by atoms with Gasteiger partial charge in [0.1, 0.15) is 5.75 Å². The Hall–Kier alpha value is -2.37. The highest BCUT2D eigenvalue weighted by atomic mass is 16.7. The highest BCUT2D eigenvalue weighted by Gasteiger charge is 2.07. The molecule has 1 N–H and O–H groups in total. The topological polar surface area (TPSA) is 50.8 Å². The van der Waals surface area contributed by atoms with Crippen LogP contribution in [0, 0.1) is 0 Å². The zero-order chi connectivity index (χ0) is 15.9. The quantitative estimate of drug-likeness (QED) is 0.833. The van der Waals surface area contributed by atoms with E-state index in [1.807, 2.05) is 19.2 Å². The van der Waals surface area contributed by atoms with Gasteiger partial charge in [-0.05, 0) is 42.0 Å². The highest BCUT2D eigenvalue weighted by Crippen LogP contribution is 2.16. The smallest absolute Gasteiger partial charge is 0.255 e. The third kappa shape index (κ3) is 4.31. The van der Waals surface area contributed by atoms with Crippen LogP contribution in [-0.4, -0.2) is 32.2 Å². The Labute approximate surface area is 130 Å². The SMILES string of the molecule is COc1ccc(NC(=O)c2ccc(CN(C)OC)cc2)cc1. The largest absolute Gasteiger partial charge is 0.497 e. The Morgan fingerprint density at radius 3 is 2.23 bits per heavy atom. The van der Waals surface area contributed by atoms with Crippen molar-refractivity contribution in [3.63, 3.8) is 0 Å². The van der Waals surface area contributed by atoms with Gasteiger partial charge in [-0.15, -0.1) is 0 Å². The third-order valence-corrected chi connectivity index (χ3v) is 3.28. The molecule has 0 radical (unpaired) electrons. The van der Waals surface area contributed by atoms with Crippen molar-refractivity contribution in [1.29, 1.82) is 0 Å². The van der Waals surface area contributed by atoms with Crippen molar-refractivity contribution in [2.24, 2.45) is 0 Å². The van der Waals surface area contributed by atoms with Gasteiger partial charge in [-0.3, -0.25) is 4.79 Å². The molecule has 1 amide bonds. The number of carbonyl (C=O) groups excluding carboxylic acids is 1. The van der Waals surface area contributed by atoms with Gasteiger partial charge in [-0.25, -0.2) is 0 Å². The van der Waals surface area contributed by atoms with Gasteiger partial charge in [0, 0.05) is 24.8 Å². The molecular formula is C17H20N2O3. The molecule has 0 heterocycles. The van der Waals surface area contributed by atoms with E-state index in [0.717, 1.165) is 17.0 Å². The summed E-state index contributed by atoms with van der Waals surface area (Å²) in [5, 5.41) is 4.57. The number of nitrogens with one attached hydrogen (secondary N) is 1. The van der Waals surface area contributed by atoms with Crippen molar-refractivity contribution < 1.29 is 14.4 Å². The Kier molecular flexibility index (Phi) is 5.52. The van der Waals surface area contributed by atoms with Crippen molar-refractivity contribution in [1.82, 2.24) is 5.06 Å². The molecule has 5 heteroatoms. The number of hydrogen-bond donors (Lipinski definition) is 1.